The first-order chi connectivity index (χ1) is 11.0. The van der Waals surface area contributed by atoms with E-state index >= 15 is 0 Å². The lowest BCUT2D eigenvalue weighted by Crippen LogP contribution is -2.25. The van der Waals surface area contributed by atoms with E-state index in [1.165, 1.54) is 17.9 Å². The maximum Gasteiger partial charge on any atom is 0.234 e. The molecule has 0 aromatic heterocycles. The fraction of sp³-hybridized carbons (Fsp3) is 0.176. The van der Waals surface area contributed by atoms with Crippen molar-refractivity contribution in [3.8, 4) is 0 Å². The summed E-state index contributed by atoms with van der Waals surface area (Å²) in [6.45, 7) is 1.45. The molecule has 2 aromatic rings. The van der Waals surface area contributed by atoms with Crippen molar-refractivity contribution in [2.75, 3.05) is 23.0 Å². The SMILES string of the molecule is CC(=O)N(C)c1ccccc1NC(=O)CSc1ccccc1F. The van der Waals surface area contributed by atoms with Crippen molar-refractivity contribution in [1.29, 1.82) is 0 Å². The molecular weight excluding hydrogens is 315 g/mol. The first-order valence-corrected chi connectivity index (χ1v) is 7.98. The monoisotopic (exact) mass is 332 g/mol. The molecule has 0 aliphatic heterocycles. The van der Waals surface area contributed by atoms with Gasteiger partial charge in [-0.3, -0.25) is 9.59 Å². The van der Waals surface area contributed by atoms with E-state index in [9.17, 15) is 14.0 Å². The molecule has 0 saturated carbocycles. The van der Waals surface area contributed by atoms with Crippen molar-refractivity contribution in [1.82, 2.24) is 0 Å². The Morgan fingerprint density at radius 3 is 2.48 bits per heavy atom. The van der Waals surface area contributed by atoms with E-state index in [0.717, 1.165) is 11.8 Å². The highest BCUT2D eigenvalue weighted by atomic mass is 32.2. The minimum absolute atomic E-state index is 0.0824. The molecule has 2 rings (SSSR count). The molecule has 0 aliphatic carbocycles. The second-order valence-corrected chi connectivity index (χ2v) is 5.88. The number of carbonyl (C=O) groups excluding carboxylic acids is 2. The topological polar surface area (TPSA) is 49.4 Å². The van der Waals surface area contributed by atoms with Crippen LogP contribution in [0.3, 0.4) is 0 Å². The molecule has 0 aliphatic rings. The van der Waals surface area contributed by atoms with Crippen molar-refractivity contribution in [3.63, 3.8) is 0 Å². The van der Waals surface area contributed by atoms with Gasteiger partial charge in [-0.25, -0.2) is 4.39 Å². The largest absolute Gasteiger partial charge is 0.324 e. The van der Waals surface area contributed by atoms with Crippen LogP contribution in [0, 0.1) is 5.82 Å². The molecule has 0 fully saturated rings. The average molecular weight is 332 g/mol. The lowest BCUT2D eigenvalue weighted by molar-refractivity contribution is -0.116. The number of carbonyl (C=O) groups is 2. The number of nitrogens with zero attached hydrogens (tertiary/aromatic N) is 1. The van der Waals surface area contributed by atoms with Gasteiger partial charge in [-0.05, 0) is 24.3 Å². The van der Waals surface area contributed by atoms with Crippen LogP contribution >= 0.6 is 11.8 Å². The van der Waals surface area contributed by atoms with Gasteiger partial charge in [-0.2, -0.15) is 0 Å². The highest BCUT2D eigenvalue weighted by molar-refractivity contribution is 8.00. The molecule has 0 saturated heterocycles. The molecule has 0 heterocycles. The van der Waals surface area contributed by atoms with Gasteiger partial charge < -0.3 is 10.2 Å². The molecule has 2 amide bonds. The zero-order valence-electron chi connectivity index (χ0n) is 12.9. The van der Waals surface area contributed by atoms with Crippen LogP contribution in [-0.2, 0) is 9.59 Å². The second-order valence-electron chi connectivity index (χ2n) is 4.86. The summed E-state index contributed by atoms with van der Waals surface area (Å²) in [6, 6.07) is 13.4. The third-order valence-corrected chi connectivity index (χ3v) is 4.26. The highest BCUT2D eigenvalue weighted by Crippen LogP contribution is 2.26. The fourth-order valence-corrected chi connectivity index (χ4v) is 2.67. The van der Waals surface area contributed by atoms with Crippen molar-refractivity contribution in [2.45, 2.75) is 11.8 Å². The molecule has 1 N–H and O–H groups in total. The van der Waals surface area contributed by atoms with Gasteiger partial charge in [0.2, 0.25) is 11.8 Å². The van der Waals surface area contributed by atoms with Crippen LogP contribution in [0.5, 0.6) is 0 Å². The van der Waals surface area contributed by atoms with Crippen molar-refractivity contribution >= 4 is 35.0 Å². The average Bonchev–Trinajstić information content (AvgIpc) is 2.54. The van der Waals surface area contributed by atoms with Gasteiger partial charge in [-0.15, -0.1) is 11.8 Å². The Balaban J connectivity index is 2.03. The molecule has 0 spiro atoms. The lowest BCUT2D eigenvalue weighted by Gasteiger charge is -2.19. The Labute approximate surface area is 138 Å². The molecule has 6 heteroatoms. The molecule has 0 unspecified atom stereocenters. The summed E-state index contributed by atoms with van der Waals surface area (Å²) in [5, 5.41) is 2.76. The van der Waals surface area contributed by atoms with Gasteiger partial charge >= 0.3 is 0 Å². The second kappa shape index (κ2) is 7.78. The van der Waals surface area contributed by atoms with E-state index < -0.39 is 0 Å². The number of rotatable bonds is 5. The van der Waals surface area contributed by atoms with Gasteiger partial charge in [0.05, 0.1) is 17.1 Å². The normalized spacial score (nSPS) is 10.2. The van der Waals surface area contributed by atoms with Crippen molar-refractivity contribution in [3.05, 3.63) is 54.3 Å². The van der Waals surface area contributed by atoms with E-state index in [1.54, 1.807) is 49.5 Å². The molecule has 0 radical (unpaired) electrons. The maximum atomic E-state index is 13.5. The number of anilines is 2. The molecule has 2 aromatic carbocycles. The third kappa shape index (κ3) is 4.56. The summed E-state index contributed by atoms with van der Waals surface area (Å²) in [6.07, 6.45) is 0. The van der Waals surface area contributed by atoms with Crippen LogP contribution in [0.2, 0.25) is 0 Å². The third-order valence-electron chi connectivity index (χ3n) is 3.21. The highest BCUT2D eigenvalue weighted by Gasteiger charge is 2.13. The Morgan fingerprint density at radius 1 is 1.13 bits per heavy atom. The summed E-state index contributed by atoms with van der Waals surface area (Å²) in [4.78, 5) is 25.5. The minimum Gasteiger partial charge on any atom is -0.324 e. The Kier molecular flexibility index (Phi) is 5.76. The smallest absolute Gasteiger partial charge is 0.234 e. The molecular formula is C17H17FN2O2S. The summed E-state index contributed by atoms with van der Waals surface area (Å²) in [7, 11) is 1.64. The van der Waals surface area contributed by atoms with E-state index in [2.05, 4.69) is 5.32 Å². The van der Waals surface area contributed by atoms with Crippen LogP contribution in [0.4, 0.5) is 15.8 Å². The van der Waals surface area contributed by atoms with E-state index in [0.29, 0.717) is 16.3 Å². The standard InChI is InChI=1S/C17H17FN2O2S/c1-12(21)20(2)15-9-5-4-8-14(15)19-17(22)11-23-16-10-6-3-7-13(16)18/h3-10H,11H2,1-2H3,(H,19,22). The number of para-hydroxylation sites is 2. The number of nitrogens with one attached hydrogen (secondary N) is 1. The van der Waals surface area contributed by atoms with Crippen LogP contribution < -0.4 is 10.2 Å². The first-order valence-electron chi connectivity index (χ1n) is 6.99. The summed E-state index contributed by atoms with van der Waals surface area (Å²) < 4.78 is 13.5. The number of halogens is 1. The molecule has 120 valence electrons. The van der Waals surface area contributed by atoms with Crippen LogP contribution in [0.1, 0.15) is 6.92 Å². The number of thioether (sulfide) groups is 1. The first kappa shape index (κ1) is 17.0. The lowest BCUT2D eigenvalue weighted by atomic mass is 10.2. The quantitative estimate of drug-likeness (QED) is 0.852. The van der Waals surface area contributed by atoms with Gasteiger partial charge in [0.15, 0.2) is 0 Å². The van der Waals surface area contributed by atoms with Crippen molar-refractivity contribution in [2.24, 2.45) is 0 Å². The van der Waals surface area contributed by atoms with Gasteiger partial charge in [0.25, 0.3) is 0 Å². The van der Waals surface area contributed by atoms with E-state index in [1.807, 2.05) is 0 Å². The van der Waals surface area contributed by atoms with Gasteiger partial charge in [0.1, 0.15) is 5.82 Å². The predicted molar refractivity (Wildman–Crippen MR) is 91.3 cm³/mol. The molecule has 4 nitrogen and oxygen atoms in total. The maximum absolute atomic E-state index is 13.5. The van der Waals surface area contributed by atoms with E-state index in [4.69, 9.17) is 0 Å². The number of amides is 2. The van der Waals surface area contributed by atoms with Crippen LogP contribution in [0.15, 0.2) is 53.4 Å². The van der Waals surface area contributed by atoms with Gasteiger partial charge in [-0.1, -0.05) is 24.3 Å². The Bertz CT molecular complexity index is 721. The minimum atomic E-state index is -0.345. The van der Waals surface area contributed by atoms with Crippen LogP contribution in [-0.4, -0.2) is 24.6 Å². The number of hydrogen-bond donors (Lipinski definition) is 1. The van der Waals surface area contributed by atoms with Gasteiger partial charge in [0, 0.05) is 18.9 Å². The van der Waals surface area contributed by atoms with Crippen molar-refractivity contribution < 1.29 is 14.0 Å². The van der Waals surface area contributed by atoms with Crippen LogP contribution in [0.25, 0.3) is 0 Å². The molecule has 0 bridgehead atoms. The zero-order valence-corrected chi connectivity index (χ0v) is 13.7. The predicted octanol–water partition coefficient (Wildman–Crippen LogP) is 3.54. The number of hydrogen-bond acceptors (Lipinski definition) is 3. The Morgan fingerprint density at radius 2 is 1.78 bits per heavy atom. The zero-order chi connectivity index (χ0) is 16.8. The summed E-state index contributed by atoms with van der Waals surface area (Å²) in [5.41, 5.74) is 1.16. The number of benzene rings is 2. The Hall–Kier alpha value is -2.34. The summed E-state index contributed by atoms with van der Waals surface area (Å²) in [5.74, 6) is -0.656. The fourth-order valence-electron chi connectivity index (χ4n) is 1.93. The molecule has 23 heavy (non-hydrogen) atoms. The molecule has 0 atom stereocenters. The van der Waals surface area contributed by atoms with E-state index in [-0.39, 0.29) is 23.4 Å². The summed E-state index contributed by atoms with van der Waals surface area (Å²) >= 11 is 1.13.